The van der Waals surface area contributed by atoms with Crippen LogP contribution in [0.2, 0.25) is 0 Å². The maximum absolute atomic E-state index is 8.61. The summed E-state index contributed by atoms with van der Waals surface area (Å²) in [6.45, 7) is 0. The molecule has 0 aromatic carbocycles. The fourth-order valence-electron chi connectivity index (χ4n) is 0. The van der Waals surface area contributed by atoms with Gasteiger partial charge in [0, 0.05) is 0 Å². The molecule has 0 fully saturated rings. The minimum absolute atomic E-state index is 0. The molecule has 0 saturated carbocycles. The van der Waals surface area contributed by atoms with Gasteiger partial charge in [-0.1, -0.05) is 0 Å². The van der Waals surface area contributed by atoms with E-state index in [-0.39, 0.29) is 22.5 Å². The minimum atomic E-state index is -5.88. The predicted molar refractivity (Wildman–Crippen MR) is 10.1 cm³/mol. The molecule has 0 aliphatic rings. The monoisotopic (exact) mass is 213 g/mol. The third-order valence-corrected chi connectivity index (χ3v) is 0. The molecule has 0 atom stereocenters. The van der Waals surface area contributed by atoms with Crippen molar-refractivity contribution in [3.8, 4) is 0 Å². The molecule has 0 spiro atoms. The van der Waals surface area contributed by atoms with Gasteiger partial charge in [0.15, 0.2) is 0 Å². The molecular weight excluding hydrogens is 211 g/mol. The Balaban J connectivity index is -0.0000000800. The first-order valence-corrected chi connectivity index (χ1v) is 3.79. The van der Waals surface area contributed by atoms with Gasteiger partial charge in [0.05, 0.1) is 0 Å². The minimum Gasteiger partial charge on any atom is 3.00 e. The van der Waals surface area contributed by atoms with Crippen molar-refractivity contribution in [2.75, 3.05) is 0 Å². The quantitative estimate of drug-likeness (QED) is 0.374. The van der Waals surface area contributed by atoms with Crippen LogP contribution in [0.1, 0.15) is 0 Å². The normalized spacial score (nSPS) is 8.43. The smallest absolute Gasteiger partial charge is 3.00 e. The molecule has 2 N–H and O–H groups in total. The van der Waals surface area contributed by atoms with Gasteiger partial charge < -0.3 is 5.48 Å². The van der Waals surface area contributed by atoms with E-state index in [0.29, 0.717) is 0 Å². The van der Waals surface area contributed by atoms with Crippen LogP contribution in [0.5, 0.6) is 0 Å². The Hall–Kier alpha value is 0.718. The summed E-state index contributed by atoms with van der Waals surface area (Å²) in [5.41, 5.74) is 0. The Morgan fingerprint density at radius 1 is 1.14 bits per heavy atom. The van der Waals surface area contributed by atoms with Crippen LogP contribution in [0.3, 0.4) is 0 Å². The average molecular weight is 213 g/mol. The van der Waals surface area contributed by atoms with Gasteiger partial charge in [0.1, 0.15) is 0 Å². The van der Waals surface area contributed by atoms with Crippen LogP contribution in [0.15, 0.2) is 0 Å². The van der Waals surface area contributed by atoms with Crippen molar-refractivity contribution in [1.29, 1.82) is 0 Å². The molecule has 7 heavy (non-hydrogen) atoms. The van der Waals surface area contributed by atoms with Crippen LogP contribution < -0.4 is 12.3 Å². The van der Waals surface area contributed by atoms with E-state index in [4.69, 9.17) is 16.0 Å². The second kappa shape index (κ2) is 4.87. The summed E-state index contributed by atoms with van der Waals surface area (Å²) in [4.78, 5) is 0. The molecule has 1 radical (unpaired) electrons. The number of rotatable bonds is 0. The van der Waals surface area contributed by atoms with Crippen LogP contribution in [0, 0.1) is 0 Å². The number of hydrogen-bond donors (Lipinski definition) is 0. The molecule has 0 aromatic heterocycles. The molecule has 7 heteroatoms. The van der Waals surface area contributed by atoms with Crippen LogP contribution in [-0.4, -0.2) is 20.0 Å². The molecule has 0 aliphatic carbocycles. The van der Waals surface area contributed by atoms with Gasteiger partial charge in [0.25, 0.3) is 0 Å². The molecule has 0 aliphatic heterocycles. The van der Waals surface area contributed by atoms with Crippen molar-refractivity contribution in [3.05, 3.63) is 0 Å². The topological polar surface area (TPSA) is 118 Å². The summed E-state index contributed by atoms with van der Waals surface area (Å²) in [6.07, 6.45) is 0. The van der Waals surface area contributed by atoms with E-state index in [0.717, 1.165) is 0 Å². The maximum Gasteiger partial charge on any atom is 3.00 e. The van der Waals surface area contributed by atoms with E-state index < -0.39 is 14.5 Å². The molecule has 5 nitrogen and oxygen atoms in total. The summed E-state index contributed by atoms with van der Waals surface area (Å²) in [6, 6.07) is 0. The summed E-state index contributed by atoms with van der Waals surface area (Å²) in [5.74, 6) is 0. The molecule has 0 unspecified atom stereocenters. The Morgan fingerprint density at radius 2 is 1.14 bits per heavy atom. The summed E-state index contributed by atoms with van der Waals surface area (Å²) in [7, 11) is 0. The standard InChI is InChI=1S/AsH3O4.Fe.H2O/c2-1(3,4)5;;/h(H3,2,3,4,5);;1H2/q;+3;/p-3. The fraction of sp³-hybridized carbons (Fsp3) is 0. The molecule has 45 valence electrons. The van der Waals surface area contributed by atoms with Crippen molar-refractivity contribution in [3.63, 3.8) is 0 Å². The molecule has 0 bridgehead atoms. The summed E-state index contributed by atoms with van der Waals surface area (Å²) in [5, 5.41) is 0. The van der Waals surface area contributed by atoms with Gasteiger partial charge >= 0.3 is 47.6 Å². The van der Waals surface area contributed by atoms with E-state index in [2.05, 4.69) is 0 Å². The average Bonchev–Trinajstić information content (AvgIpc) is 0.722. The predicted octanol–water partition coefficient (Wildman–Crippen LogP) is -4.89. The SMILES string of the molecule is O.O=[As]([O-])([O-])[O-].[Fe+3]. The Morgan fingerprint density at radius 3 is 1.14 bits per heavy atom. The van der Waals surface area contributed by atoms with Crippen LogP contribution >= 0.6 is 0 Å². The third kappa shape index (κ3) is 290. The van der Waals surface area contributed by atoms with Gasteiger partial charge in [-0.15, -0.1) is 0 Å². The molecule has 0 rings (SSSR count). The third-order valence-electron chi connectivity index (χ3n) is 0. The molecule has 0 aromatic rings. The van der Waals surface area contributed by atoms with Crippen LogP contribution in [0.4, 0.5) is 0 Å². The van der Waals surface area contributed by atoms with Gasteiger partial charge in [-0.3, -0.25) is 0 Å². The first-order chi connectivity index (χ1) is 2.00. The van der Waals surface area contributed by atoms with Crippen LogP contribution in [-0.2, 0) is 20.8 Å². The summed E-state index contributed by atoms with van der Waals surface area (Å²) >= 11 is -5.88. The Kier molecular flexibility index (Phi) is 10.9. The Bertz CT molecular complexity index is 54.2. The summed E-state index contributed by atoms with van der Waals surface area (Å²) < 4.78 is 34.4. The fourth-order valence-corrected chi connectivity index (χ4v) is 0. The second-order valence-corrected chi connectivity index (χ2v) is 2.32. The van der Waals surface area contributed by atoms with Crippen molar-refractivity contribution >= 4 is 14.5 Å². The van der Waals surface area contributed by atoms with Crippen molar-refractivity contribution < 1.29 is 38.6 Å². The van der Waals surface area contributed by atoms with Crippen molar-refractivity contribution in [2.24, 2.45) is 0 Å². The zero-order valence-electron chi connectivity index (χ0n) is 2.93. The zero-order valence-corrected chi connectivity index (χ0v) is 5.91. The Labute approximate surface area is 53.5 Å². The zero-order chi connectivity index (χ0) is 4.50. The van der Waals surface area contributed by atoms with E-state index >= 15 is 0 Å². The van der Waals surface area contributed by atoms with E-state index in [1.807, 2.05) is 0 Å². The molecule has 0 amide bonds. The first-order valence-electron chi connectivity index (χ1n) is 0.730. The van der Waals surface area contributed by atoms with Gasteiger partial charge in [-0.2, -0.15) is 0 Å². The molecule has 0 heterocycles. The van der Waals surface area contributed by atoms with Gasteiger partial charge in [-0.25, -0.2) is 0 Å². The van der Waals surface area contributed by atoms with E-state index in [1.54, 1.807) is 0 Å². The van der Waals surface area contributed by atoms with E-state index in [1.165, 1.54) is 0 Å². The second-order valence-electron chi connectivity index (χ2n) is 0.447. The first kappa shape index (κ1) is 15.6. The van der Waals surface area contributed by atoms with Crippen molar-refractivity contribution in [1.82, 2.24) is 0 Å². The number of hydrogen-bond acceptors (Lipinski definition) is 4. The van der Waals surface area contributed by atoms with Gasteiger partial charge in [-0.05, 0) is 0 Å². The van der Waals surface area contributed by atoms with Crippen LogP contribution in [0.25, 0.3) is 0 Å². The maximum atomic E-state index is 8.61. The molecule has 0 saturated heterocycles. The van der Waals surface area contributed by atoms with Gasteiger partial charge in [0.2, 0.25) is 0 Å². The largest absolute Gasteiger partial charge is 3.00 e. The molecular formula is H2AsFeO5. The van der Waals surface area contributed by atoms with Crippen molar-refractivity contribution in [2.45, 2.75) is 0 Å². The van der Waals surface area contributed by atoms with E-state index in [9.17, 15) is 0 Å².